The minimum atomic E-state index is -2.13. The first kappa shape index (κ1) is 59.7. The summed E-state index contributed by atoms with van der Waals surface area (Å²) in [5.74, 6) is -2.61. The lowest BCUT2D eigenvalue weighted by atomic mass is 9.79. The quantitative estimate of drug-likeness (QED) is 0.0682. The Morgan fingerprint density at radius 2 is 0.931 bits per heavy atom. The summed E-state index contributed by atoms with van der Waals surface area (Å²) in [4.78, 5) is 12.8. The first-order valence-electron chi connectivity index (χ1n) is 24.2. The summed E-state index contributed by atoms with van der Waals surface area (Å²) in [5.41, 5.74) is -0.683. The van der Waals surface area contributed by atoms with E-state index in [-0.39, 0.29) is 12.8 Å². The summed E-state index contributed by atoms with van der Waals surface area (Å²) >= 11 is 0. The highest BCUT2D eigenvalue weighted by Gasteiger charge is 2.58. The molecule has 0 aromatic carbocycles. The van der Waals surface area contributed by atoms with Crippen LogP contribution in [0.4, 0.5) is 0 Å². The molecular formula is C44H77NO27. The van der Waals surface area contributed by atoms with E-state index in [1.165, 1.54) is 0 Å². The predicted molar refractivity (Wildman–Crippen MR) is 233 cm³/mol. The van der Waals surface area contributed by atoms with E-state index in [4.69, 9.17) is 42.6 Å². The highest BCUT2D eigenvalue weighted by Crippen LogP contribution is 2.40. The topological polar surface area (TPSA) is 456 Å². The first-order valence-corrected chi connectivity index (χ1v) is 24.2. The molecule has 6 rings (SSSR count). The number of aliphatic hydroxyl groups excluding tert-OH is 17. The zero-order valence-corrected chi connectivity index (χ0v) is 40.5. The number of hydrogen-bond acceptors (Lipinski definition) is 27. The Labute approximate surface area is 414 Å². The Morgan fingerprint density at radius 1 is 0.458 bits per heavy atom. The molecule has 6 fully saturated rings. The number of hydrogen-bond donors (Lipinski definition) is 18. The van der Waals surface area contributed by atoms with Gasteiger partial charge in [0.25, 0.3) is 0 Å². The zero-order chi connectivity index (χ0) is 53.4. The summed E-state index contributed by atoms with van der Waals surface area (Å²) in [5, 5.41) is 188. The van der Waals surface area contributed by atoms with Crippen LogP contribution in [0, 0.1) is 17.3 Å². The van der Waals surface area contributed by atoms with Crippen LogP contribution in [-0.2, 0) is 47.4 Å². The van der Waals surface area contributed by atoms with Crippen LogP contribution in [0.5, 0.6) is 0 Å². The molecule has 1 amide bonds. The molecule has 30 atom stereocenters. The summed E-state index contributed by atoms with van der Waals surface area (Å²) in [7, 11) is 0. The van der Waals surface area contributed by atoms with Crippen LogP contribution < -0.4 is 5.32 Å². The van der Waals surface area contributed by atoms with Crippen LogP contribution in [0.15, 0.2) is 0 Å². The van der Waals surface area contributed by atoms with Crippen LogP contribution in [0.1, 0.15) is 47.5 Å². The van der Waals surface area contributed by atoms with Crippen molar-refractivity contribution >= 4 is 5.91 Å². The highest BCUT2D eigenvalue weighted by molar-refractivity contribution is 5.73. The van der Waals surface area contributed by atoms with Crippen LogP contribution >= 0.6 is 0 Å². The Balaban J connectivity index is 1.23. The van der Waals surface area contributed by atoms with Gasteiger partial charge in [-0.25, -0.2) is 0 Å². The minimum Gasteiger partial charge on any atom is -0.396 e. The molecule has 0 aromatic heterocycles. The average Bonchev–Trinajstić information content (AvgIpc) is 3.33. The van der Waals surface area contributed by atoms with Gasteiger partial charge in [-0.2, -0.15) is 0 Å². The molecule has 2 aliphatic carbocycles. The molecule has 2 saturated carbocycles. The minimum absolute atomic E-state index is 0.0892. The van der Waals surface area contributed by atoms with Crippen molar-refractivity contribution in [3.05, 3.63) is 0 Å². The van der Waals surface area contributed by atoms with Crippen LogP contribution in [0.2, 0.25) is 0 Å². The van der Waals surface area contributed by atoms with Crippen molar-refractivity contribution in [2.75, 3.05) is 33.0 Å². The van der Waals surface area contributed by atoms with E-state index in [0.29, 0.717) is 0 Å². The average molecular weight is 1050 g/mol. The lowest BCUT2D eigenvalue weighted by molar-refractivity contribution is -0.377. The van der Waals surface area contributed by atoms with E-state index < -0.39 is 228 Å². The third kappa shape index (κ3) is 12.4. The number of aliphatic hydroxyl groups is 17. The van der Waals surface area contributed by atoms with Crippen molar-refractivity contribution in [2.24, 2.45) is 17.3 Å². The molecule has 420 valence electrons. The Kier molecular flexibility index (Phi) is 20.6. The molecule has 28 nitrogen and oxygen atoms in total. The Bertz CT molecular complexity index is 1700. The first-order chi connectivity index (χ1) is 33.8. The second kappa shape index (κ2) is 24.8. The third-order valence-corrected chi connectivity index (χ3v) is 14.7. The number of rotatable bonds is 16. The largest absolute Gasteiger partial charge is 0.396 e. The zero-order valence-electron chi connectivity index (χ0n) is 40.5. The Hall–Kier alpha value is -1.57. The molecule has 4 saturated heterocycles. The normalized spacial score (nSPS) is 50.6. The van der Waals surface area contributed by atoms with Gasteiger partial charge in [0.1, 0.15) is 122 Å². The van der Waals surface area contributed by atoms with Gasteiger partial charge >= 0.3 is 0 Å². The molecule has 0 bridgehead atoms. The fraction of sp³-hybridized carbons (Fsp3) is 0.977. The summed E-state index contributed by atoms with van der Waals surface area (Å²) in [6.45, 7) is 3.59. The maximum atomic E-state index is 12.8. The molecule has 18 N–H and O–H groups in total. The number of carbonyl (C=O) groups excluding carboxylic acids is 1. The number of nitrogens with one attached hydrogen (secondary N) is 1. The van der Waals surface area contributed by atoms with Crippen molar-refractivity contribution in [1.29, 1.82) is 0 Å². The summed E-state index contributed by atoms with van der Waals surface area (Å²) < 4.78 is 53.5. The van der Waals surface area contributed by atoms with E-state index in [1.807, 2.05) is 0 Å². The second-order valence-electron chi connectivity index (χ2n) is 20.9. The SMILES string of the molecule is CC(=O)NC1[C@H](O[C@@H]2C(O)[C@@H](O[C@H]3C(CO)C[C@@H](O[C@@H]4C(CO)OC(C(C)(C)C)C(O)[C@H]4O)C(O)[C@H]3O)OC(CO)[C@@H]2O)OC(CO)[C@H](O)[C@@H]1O[C@@H]1OC(CO)[C@H](O)[C@H](O)C1OC1CC(C)[C@@H](O)C(O)[C@@H]1O. The van der Waals surface area contributed by atoms with Gasteiger partial charge in [-0.15, -0.1) is 0 Å². The molecule has 28 heteroatoms. The van der Waals surface area contributed by atoms with E-state index in [0.717, 1.165) is 6.92 Å². The van der Waals surface area contributed by atoms with E-state index in [9.17, 15) is 91.6 Å². The molecule has 4 aliphatic heterocycles. The molecule has 72 heavy (non-hydrogen) atoms. The summed E-state index contributed by atoms with van der Waals surface area (Å²) in [6.07, 6.45) is -46.0. The molecule has 0 radical (unpaired) electrons. The van der Waals surface area contributed by atoms with Gasteiger partial charge < -0.3 is 135 Å². The fourth-order valence-corrected chi connectivity index (χ4v) is 10.5. The maximum absolute atomic E-state index is 12.8. The van der Waals surface area contributed by atoms with Crippen LogP contribution in [0.3, 0.4) is 0 Å². The monoisotopic (exact) mass is 1050 g/mol. The molecule has 0 aromatic rings. The summed E-state index contributed by atoms with van der Waals surface area (Å²) in [6, 6.07) is -1.72. The van der Waals surface area contributed by atoms with E-state index in [1.54, 1.807) is 27.7 Å². The van der Waals surface area contributed by atoms with Crippen molar-refractivity contribution in [3.63, 3.8) is 0 Å². The lowest BCUT2D eigenvalue weighted by Crippen LogP contribution is -2.70. The van der Waals surface area contributed by atoms with Crippen LogP contribution in [0.25, 0.3) is 0 Å². The maximum Gasteiger partial charge on any atom is 0.217 e. The molecular weight excluding hydrogens is 974 g/mol. The molecule has 0 spiro atoms. The van der Waals surface area contributed by atoms with Gasteiger partial charge in [0.15, 0.2) is 18.9 Å². The Morgan fingerprint density at radius 3 is 1.50 bits per heavy atom. The van der Waals surface area contributed by atoms with Gasteiger partial charge in [0.2, 0.25) is 5.91 Å². The van der Waals surface area contributed by atoms with Gasteiger partial charge in [-0.05, 0) is 24.2 Å². The highest BCUT2D eigenvalue weighted by atomic mass is 16.8. The van der Waals surface area contributed by atoms with Gasteiger partial charge in [0.05, 0.1) is 56.9 Å². The fourth-order valence-electron chi connectivity index (χ4n) is 10.5. The van der Waals surface area contributed by atoms with Crippen molar-refractivity contribution in [1.82, 2.24) is 5.32 Å². The molecule has 14 unspecified atom stereocenters. The van der Waals surface area contributed by atoms with Gasteiger partial charge in [-0.3, -0.25) is 4.79 Å². The third-order valence-electron chi connectivity index (χ3n) is 14.7. The van der Waals surface area contributed by atoms with E-state index >= 15 is 0 Å². The number of ether oxygens (including phenoxy) is 9. The predicted octanol–water partition coefficient (Wildman–Crippen LogP) is -9.51. The van der Waals surface area contributed by atoms with Crippen molar-refractivity contribution < 1.29 is 134 Å². The van der Waals surface area contributed by atoms with E-state index in [2.05, 4.69) is 5.32 Å². The standard InChI is InChI=1S/C44H77NO27/c1-13-6-16(24(53)29(58)23(13)52)65-39-31(60)26(55)18(9-47)69-43(39)71-37-22(45-14(2)51)41(67-19(10-48)27(37)56)72-38-28(57)20(11-49)68-42(34(38)63)70-35-15(8-46)7-17(25(54)30(35)59)64-36-21(12-50)66-40(44(3,4)5)33(62)32(36)61/h13,15-43,46-50,52-63H,6-12H2,1-5H3,(H,45,51)/t13?,15?,16?,17-,18?,19?,20?,21?,22?,23-,24-,25?,26+,27+,28+,29?,30-,31+,32-,33?,34?,35+,36-,37-,38+,39?,40?,41+,42-,43+/m1/s1. The number of carbonyl (C=O) groups is 1. The van der Waals surface area contributed by atoms with Crippen LogP contribution in [-0.4, -0.2) is 297 Å². The smallest absolute Gasteiger partial charge is 0.217 e. The number of amides is 1. The van der Waals surface area contributed by atoms with Crippen molar-refractivity contribution in [3.8, 4) is 0 Å². The van der Waals surface area contributed by atoms with Crippen molar-refractivity contribution in [2.45, 2.75) is 219 Å². The lowest BCUT2D eigenvalue weighted by Gasteiger charge is -2.51. The molecule has 6 aliphatic rings. The second-order valence-corrected chi connectivity index (χ2v) is 20.9. The van der Waals surface area contributed by atoms with Gasteiger partial charge in [0, 0.05) is 19.4 Å². The van der Waals surface area contributed by atoms with Gasteiger partial charge in [-0.1, -0.05) is 27.7 Å². The molecule has 4 heterocycles.